The van der Waals surface area contributed by atoms with Gasteiger partial charge in [0.15, 0.2) is 6.79 Å². The van der Waals surface area contributed by atoms with Crippen molar-refractivity contribution in [2.24, 2.45) is 0 Å². The number of alkyl halides is 7. The van der Waals surface area contributed by atoms with Gasteiger partial charge in [0.2, 0.25) is 0 Å². The van der Waals surface area contributed by atoms with Crippen LogP contribution in [0.5, 0.6) is 0 Å². The predicted octanol–water partition coefficient (Wildman–Crippen LogP) is 2.63. The van der Waals surface area contributed by atoms with Crippen LogP contribution in [0, 0.1) is 0 Å². The standard InChI is InChI=1S/C4H6F4O2.C4H7F3O2/c1-9-2-10-4(7,8)3(5)6;1-8-3-9-2-4(5,6)7/h3H,2H2,1H3;2-3H2,1H3. The average molecular weight is 306 g/mol. The number of rotatable bonds is 7. The molecule has 11 heteroatoms. The van der Waals surface area contributed by atoms with Gasteiger partial charge in [0.05, 0.1) is 0 Å². The molecule has 0 aromatic heterocycles. The van der Waals surface area contributed by atoms with Crippen LogP contribution >= 0.6 is 0 Å². The van der Waals surface area contributed by atoms with Gasteiger partial charge in [-0.25, -0.2) is 8.78 Å². The van der Waals surface area contributed by atoms with E-state index in [2.05, 4.69) is 18.9 Å². The zero-order valence-corrected chi connectivity index (χ0v) is 9.98. The topological polar surface area (TPSA) is 36.9 Å². The minimum absolute atomic E-state index is 0.320. The van der Waals surface area contributed by atoms with Gasteiger partial charge in [-0.15, -0.1) is 0 Å². The molecule has 0 bridgehead atoms. The fourth-order valence-electron chi connectivity index (χ4n) is 0.441. The normalized spacial score (nSPS) is 12.3. The lowest BCUT2D eigenvalue weighted by Crippen LogP contribution is -2.30. The SMILES string of the molecule is COCOC(F)(F)C(F)F.COCOCC(F)(F)F. The molecule has 0 fully saturated rings. The van der Waals surface area contributed by atoms with E-state index < -0.39 is 32.1 Å². The van der Waals surface area contributed by atoms with Gasteiger partial charge in [-0.05, 0) is 0 Å². The molecule has 0 N–H and O–H groups in total. The summed E-state index contributed by atoms with van der Waals surface area (Å²) in [5, 5.41) is 0. The van der Waals surface area contributed by atoms with Gasteiger partial charge >= 0.3 is 18.7 Å². The van der Waals surface area contributed by atoms with Gasteiger partial charge in [-0.3, -0.25) is 4.74 Å². The van der Waals surface area contributed by atoms with Crippen LogP contribution in [0.1, 0.15) is 0 Å². The van der Waals surface area contributed by atoms with Crippen LogP contribution < -0.4 is 0 Å². The Kier molecular flexibility index (Phi) is 11.1. The number of methoxy groups -OCH3 is 2. The molecule has 0 aromatic rings. The van der Waals surface area contributed by atoms with Crippen LogP contribution in [0.3, 0.4) is 0 Å². The van der Waals surface area contributed by atoms with Crippen LogP contribution in [0.4, 0.5) is 30.7 Å². The van der Waals surface area contributed by atoms with E-state index in [4.69, 9.17) is 0 Å². The lowest BCUT2D eigenvalue weighted by atomic mass is 10.7. The summed E-state index contributed by atoms with van der Waals surface area (Å²) < 4.78 is 94.9. The van der Waals surface area contributed by atoms with E-state index in [1.807, 2.05) is 0 Å². The molecule has 0 rings (SSSR count). The lowest BCUT2D eigenvalue weighted by Gasteiger charge is -2.13. The van der Waals surface area contributed by atoms with Gasteiger partial charge < -0.3 is 14.2 Å². The predicted molar refractivity (Wildman–Crippen MR) is 47.8 cm³/mol. The van der Waals surface area contributed by atoms with Crippen molar-refractivity contribution in [1.29, 1.82) is 0 Å². The van der Waals surface area contributed by atoms with E-state index in [0.29, 0.717) is 0 Å². The van der Waals surface area contributed by atoms with E-state index >= 15 is 0 Å². The van der Waals surface area contributed by atoms with Crippen molar-refractivity contribution in [3.8, 4) is 0 Å². The zero-order chi connectivity index (χ0) is 15.5. The minimum atomic E-state index is -4.41. The summed E-state index contributed by atoms with van der Waals surface area (Å²) in [5.74, 6) is 0. The third-order valence-electron chi connectivity index (χ3n) is 1.09. The fourth-order valence-corrected chi connectivity index (χ4v) is 0.441. The fraction of sp³-hybridized carbons (Fsp3) is 1.00. The highest BCUT2D eigenvalue weighted by Crippen LogP contribution is 2.23. The summed E-state index contributed by atoms with van der Waals surface area (Å²) >= 11 is 0. The Hall–Kier alpha value is -0.650. The maximum absolute atomic E-state index is 11.7. The number of ether oxygens (including phenoxy) is 4. The van der Waals surface area contributed by atoms with Gasteiger partial charge in [-0.1, -0.05) is 0 Å². The van der Waals surface area contributed by atoms with Gasteiger partial charge in [0.1, 0.15) is 13.4 Å². The molecule has 0 aliphatic heterocycles. The summed E-state index contributed by atoms with van der Waals surface area (Å²) in [5.41, 5.74) is 0. The smallest absolute Gasteiger partial charge is 0.359 e. The Morgan fingerprint density at radius 3 is 1.68 bits per heavy atom. The second kappa shape index (κ2) is 10.2. The van der Waals surface area contributed by atoms with Crippen molar-refractivity contribution >= 4 is 0 Å². The first-order valence-corrected chi connectivity index (χ1v) is 4.49. The van der Waals surface area contributed by atoms with Crippen LogP contribution in [0.2, 0.25) is 0 Å². The van der Waals surface area contributed by atoms with E-state index in [9.17, 15) is 30.7 Å². The molecule has 0 radical (unpaired) electrons. The van der Waals surface area contributed by atoms with E-state index in [-0.39, 0.29) is 6.79 Å². The van der Waals surface area contributed by atoms with Crippen LogP contribution in [0.15, 0.2) is 0 Å². The van der Waals surface area contributed by atoms with Crippen molar-refractivity contribution in [1.82, 2.24) is 0 Å². The molecule has 0 saturated heterocycles. The number of hydrogen-bond acceptors (Lipinski definition) is 4. The molecule has 4 nitrogen and oxygen atoms in total. The minimum Gasteiger partial charge on any atom is -0.359 e. The third kappa shape index (κ3) is 15.3. The first kappa shape index (κ1) is 20.7. The van der Waals surface area contributed by atoms with E-state index in [1.165, 1.54) is 7.11 Å². The van der Waals surface area contributed by atoms with Crippen LogP contribution in [-0.2, 0) is 18.9 Å². The van der Waals surface area contributed by atoms with E-state index in [1.54, 1.807) is 0 Å². The average Bonchev–Trinajstić information content (AvgIpc) is 2.26. The molecule has 0 heterocycles. The highest BCUT2D eigenvalue weighted by Gasteiger charge is 2.42. The summed E-state index contributed by atoms with van der Waals surface area (Å²) in [7, 11) is 2.32. The highest BCUT2D eigenvalue weighted by molar-refractivity contribution is 4.52. The second-order valence-corrected chi connectivity index (χ2v) is 2.78. The Labute approximate surface area is 104 Å². The summed E-state index contributed by atoms with van der Waals surface area (Å²) in [4.78, 5) is 0. The van der Waals surface area contributed by atoms with E-state index in [0.717, 1.165) is 7.11 Å². The maximum atomic E-state index is 11.7. The van der Waals surface area contributed by atoms with Crippen molar-refractivity contribution in [3.63, 3.8) is 0 Å². The van der Waals surface area contributed by atoms with Gasteiger partial charge in [-0.2, -0.15) is 22.0 Å². The third-order valence-corrected chi connectivity index (χ3v) is 1.09. The summed E-state index contributed by atoms with van der Waals surface area (Å²) in [6.45, 7) is -2.42. The van der Waals surface area contributed by atoms with Crippen LogP contribution in [0.25, 0.3) is 0 Å². The molecule has 0 spiro atoms. The lowest BCUT2D eigenvalue weighted by molar-refractivity contribution is -0.323. The van der Waals surface area contributed by atoms with Crippen molar-refractivity contribution in [3.05, 3.63) is 0 Å². The molecular weight excluding hydrogens is 293 g/mol. The van der Waals surface area contributed by atoms with Gasteiger partial charge in [0, 0.05) is 14.2 Å². The van der Waals surface area contributed by atoms with Crippen molar-refractivity contribution in [2.75, 3.05) is 34.4 Å². The first-order valence-electron chi connectivity index (χ1n) is 4.49. The van der Waals surface area contributed by atoms with Crippen LogP contribution in [-0.4, -0.2) is 53.1 Å². The Balaban J connectivity index is 0. The van der Waals surface area contributed by atoms with Crippen molar-refractivity contribution < 1.29 is 49.7 Å². The molecule has 0 atom stereocenters. The highest BCUT2D eigenvalue weighted by atomic mass is 19.4. The Morgan fingerprint density at radius 1 is 0.895 bits per heavy atom. The number of halogens is 7. The maximum Gasteiger partial charge on any atom is 0.418 e. The molecule has 0 unspecified atom stereocenters. The summed E-state index contributed by atoms with van der Waals surface area (Å²) in [6, 6.07) is 0. The summed E-state index contributed by atoms with van der Waals surface area (Å²) in [6.07, 6.45) is -12.5. The molecule has 118 valence electrons. The molecule has 19 heavy (non-hydrogen) atoms. The Bertz CT molecular complexity index is 210. The van der Waals surface area contributed by atoms with Gasteiger partial charge in [0.25, 0.3) is 0 Å². The molecular formula is C8H13F7O4. The monoisotopic (exact) mass is 306 g/mol. The first-order chi connectivity index (χ1) is 8.56. The largest absolute Gasteiger partial charge is 0.418 e. The second-order valence-electron chi connectivity index (χ2n) is 2.78. The quantitative estimate of drug-likeness (QED) is 0.412. The molecule has 0 aromatic carbocycles. The molecule has 0 saturated carbocycles. The molecule has 0 amide bonds. The molecule has 0 aliphatic rings. The molecule has 0 aliphatic carbocycles. The van der Waals surface area contributed by atoms with Crippen molar-refractivity contribution in [2.45, 2.75) is 18.7 Å². The zero-order valence-electron chi connectivity index (χ0n) is 9.98. The Morgan fingerprint density at radius 2 is 1.37 bits per heavy atom. The number of hydrogen-bond donors (Lipinski definition) is 0.